The number of carbonyl (C=O) groups is 2. The minimum atomic E-state index is -0.227. The molecule has 29 heavy (non-hydrogen) atoms. The van der Waals surface area contributed by atoms with Crippen molar-refractivity contribution in [3.63, 3.8) is 0 Å². The first-order valence-electron chi connectivity index (χ1n) is 9.35. The van der Waals surface area contributed by atoms with Crippen molar-refractivity contribution in [3.05, 3.63) is 64.7 Å². The molecule has 3 N–H and O–H groups in total. The highest BCUT2D eigenvalue weighted by molar-refractivity contribution is 7.80. The third-order valence-corrected chi connectivity index (χ3v) is 4.91. The maximum Gasteiger partial charge on any atom is 0.251 e. The maximum atomic E-state index is 12.2. The van der Waals surface area contributed by atoms with Crippen LogP contribution in [-0.2, 0) is 16.0 Å². The summed E-state index contributed by atoms with van der Waals surface area (Å²) >= 11 is 11.0. The van der Waals surface area contributed by atoms with E-state index in [1.165, 1.54) is 0 Å². The van der Waals surface area contributed by atoms with Crippen LogP contribution in [-0.4, -0.2) is 36.2 Å². The average Bonchev–Trinajstić information content (AvgIpc) is 3.22. The molecule has 0 radical (unpaired) electrons. The zero-order valence-corrected chi connectivity index (χ0v) is 17.3. The SMILES string of the molecule is O=C(Cc1ccc(Cl)cc1)NC(=S)Nc1ccc(C(=O)NCC2CCCO2)cc1. The second kappa shape index (κ2) is 10.3. The number of carbonyl (C=O) groups excluding carboxylic acids is 2. The Morgan fingerprint density at radius 1 is 1.10 bits per heavy atom. The van der Waals surface area contributed by atoms with Gasteiger partial charge in [0.25, 0.3) is 5.91 Å². The summed E-state index contributed by atoms with van der Waals surface area (Å²) < 4.78 is 5.50. The van der Waals surface area contributed by atoms with Gasteiger partial charge in [0, 0.05) is 29.4 Å². The second-order valence-electron chi connectivity index (χ2n) is 6.73. The summed E-state index contributed by atoms with van der Waals surface area (Å²) in [5.74, 6) is -0.374. The highest BCUT2D eigenvalue weighted by Gasteiger charge is 2.16. The van der Waals surface area contributed by atoms with Crippen LogP contribution in [0.4, 0.5) is 5.69 Å². The molecule has 0 aliphatic carbocycles. The molecule has 1 heterocycles. The Hall–Kier alpha value is -2.48. The van der Waals surface area contributed by atoms with E-state index in [4.69, 9.17) is 28.6 Å². The lowest BCUT2D eigenvalue weighted by molar-refractivity contribution is -0.119. The van der Waals surface area contributed by atoms with Gasteiger partial charge in [-0.2, -0.15) is 0 Å². The van der Waals surface area contributed by atoms with E-state index in [2.05, 4.69) is 16.0 Å². The van der Waals surface area contributed by atoms with Crippen molar-refractivity contribution < 1.29 is 14.3 Å². The summed E-state index contributed by atoms with van der Waals surface area (Å²) in [5.41, 5.74) is 2.07. The molecule has 152 valence electrons. The van der Waals surface area contributed by atoms with E-state index in [1.807, 2.05) is 0 Å². The molecule has 0 saturated carbocycles. The molecule has 0 bridgehead atoms. The lowest BCUT2D eigenvalue weighted by Gasteiger charge is -2.12. The van der Waals surface area contributed by atoms with Crippen LogP contribution in [0.5, 0.6) is 0 Å². The predicted molar refractivity (Wildman–Crippen MR) is 117 cm³/mol. The van der Waals surface area contributed by atoms with Gasteiger partial charge in [0.2, 0.25) is 5.91 Å². The van der Waals surface area contributed by atoms with Gasteiger partial charge >= 0.3 is 0 Å². The molecule has 3 rings (SSSR count). The first-order valence-corrected chi connectivity index (χ1v) is 10.1. The van der Waals surface area contributed by atoms with E-state index in [0.717, 1.165) is 25.0 Å². The van der Waals surface area contributed by atoms with Crippen LogP contribution in [0, 0.1) is 0 Å². The Bertz CT molecular complexity index is 866. The minimum Gasteiger partial charge on any atom is -0.376 e. The molecule has 2 aromatic carbocycles. The van der Waals surface area contributed by atoms with E-state index < -0.39 is 0 Å². The van der Waals surface area contributed by atoms with E-state index >= 15 is 0 Å². The lowest BCUT2D eigenvalue weighted by Crippen LogP contribution is -2.35. The largest absolute Gasteiger partial charge is 0.376 e. The quantitative estimate of drug-likeness (QED) is 0.611. The number of hydrogen-bond donors (Lipinski definition) is 3. The molecule has 2 aromatic rings. The zero-order chi connectivity index (χ0) is 20.6. The number of hydrogen-bond acceptors (Lipinski definition) is 4. The molecule has 1 aliphatic heterocycles. The fourth-order valence-electron chi connectivity index (χ4n) is 2.94. The maximum absolute atomic E-state index is 12.2. The molecule has 1 atom stereocenters. The third kappa shape index (κ3) is 6.81. The Labute approximate surface area is 180 Å². The number of nitrogens with one attached hydrogen (secondary N) is 3. The Balaban J connectivity index is 1.44. The molecular weight excluding hydrogens is 410 g/mol. The van der Waals surface area contributed by atoms with Crippen molar-refractivity contribution in [3.8, 4) is 0 Å². The van der Waals surface area contributed by atoms with Crippen LogP contribution in [0.15, 0.2) is 48.5 Å². The average molecular weight is 432 g/mol. The number of ether oxygens (including phenoxy) is 1. The van der Waals surface area contributed by atoms with Crippen LogP contribution in [0.25, 0.3) is 0 Å². The van der Waals surface area contributed by atoms with Crippen molar-refractivity contribution in [1.82, 2.24) is 10.6 Å². The predicted octanol–water partition coefficient (Wildman–Crippen LogP) is 3.30. The van der Waals surface area contributed by atoms with Gasteiger partial charge in [-0.15, -0.1) is 0 Å². The van der Waals surface area contributed by atoms with Gasteiger partial charge in [-0.1, -0.05) is 23.7 Å². The van der Waals surface area contributed by atoms with Crippen LogP contribution in [0.3, 0.4) is 0 Å². The first-order chi connectivity index (χ1) is 14.0. The lowest BCUT2D eigenvalue weighted by atomic mass is 10.1. The highest BCUT2D eigenvalue weighted by Crippen LogP contribution is 2.13. The monoisotopic (exact) mass is 431 g/mol. The summed E-state index contributed by atoms with van der Waals surface area (Å²) in [6.45, 7) is 1.28. The van der Waals surface area contributed by atoms with E-state index in [9.17, 15) is 9.59 Å². The summed E-state index contributed by atoms with van der Waals surface area (Å²) in [4.78, 5) is 24.3. The Morgan fingerprint density at radius 3 is 2.48 bits per heavy atom. The first kappa shape index (κ1) is 21.2. The van der Waals surface area contributed by atoms with Crippen LogP contribution < -0.4 is 16.0 Å². The standard InChI is InChI=1S/C21H22ClN3O3S/c22-16-7-3-14(4-8-16)12-19(26)25-21(29)24-17-9-5-15(6-10-17)20(27)23-13-18-2-1-11-28-18/h3-10,18H,1-2,11-13H2,(H,23,27)(H2,24,25,26,29). The van der Waals surface area contributed by atoms with Gasteiger partial charge in [-0.05, 0) is 67.0 Å². The summed E-state index contributed by atoms with van der Waals surface area (Å²) in [6, 6.07) is 13.9. The van der Waals surface area contributed by atoms with Crippen LogP contribution in [0.1, 0.15) is 28.8 Å². The molecule has 8 heteroatoms. The van der Waals surface area contributed by atoms with Crippen molar-refractivity contribution in [1.29, 1.82) is 0 Å². The third-order valence-electron chi connectivity index (χ3n) is 4.45. The second-order valence-corrected chi connectivity index (χ2v) is 7.57. The van der Waals surface area contributed by atoms with E-state index in [1.54, 1.807) is 48.5 Å². The molecule has 2 amide bonds. The molecule has 1 unspecified atom stereocenters. The molecular formula is C21H22ClN3O3S. The van der Waals surface area contributed by atoms with Gasteiger partial charge in [-0.25, -0.2) is 0 Å². The molecule has 1 fully saturated rings. The zero-order valence-electron chi connectivity index (χ0n) is 15.7. The summed E-state index contributed by atoms with van der Waals surface area (Å²) in [5, 5.41) is 9.27. The van der Waals surface area contributed by atoms with Gasteiger partial charge in [0.1, 0.15) is 0 Å². The van der Waals surface area contributed by atoms with Crippen molar-refractivity contribution in [2.45, 2.75) is 25.4 Å². The molecule has 1 aliphatic rings. The van der Waals surface area contributed by atoms with Crippen molar-refractivity contribution in [2.75, 3.05) is 18.5 Å². The molecule has 1 saturated heterocycles. The number of rotatable bonds is 6. The number of benzene rings is 2. The molecule has 0 aromatic heterocycles. The van der Waals surface area contributed by atoms with Crippen molar-refractivity contribution in [2.24, 2.45) is 0 Å². The van der Waals surface area contributed by atoms with Gasteiger partial charge in [0.15, 0.2) is 5.11 Å². The number of thiocarbonyl (C=S) groups is 1. The summed E-state index contributed by atoms with van der Waals surface area (Å²) in [6.07, 6.45) is 2.32. The molecule has 6 nitrogen and oxygen atoms in total. The van der Waals surface area contributed by atoms with Gasteiger partial charge in [-0.3, -0.25) is 9.59 Å². The topological polar surface area (TPSA) is 79.5 Å². The van der Waals surface area contributed by atoms with Gasteiger partial charge < -0.3 is 20.7 Å². The Kier molecular flexibility index (Phi) is 7.57. The number of halogens is 1. The number of anilines is 1. The van der Waals surface area contributed by atoms with Crippen LogP contribution >= 0.6 is 23.8 Å². The number of amides is 2. The van der Waals surface area contributed by atoms with Gasteiger partial charge in [0.05, 0.1) is 12.5 Å². The summed E-state index contributed by atoms with van der Waals surface area (Å²) in [7, 11) is 0. The van der Waals surface area contributed by atoms with E-state index in [0.29, 0.717) is 22.8 Å². The normalized spacial score (nSPS) is 15.6. The molecule has 0 spiro atoms. The highest BCUT2D eigenvalue weighted by atomic mass is 35.5. The van der Waals surface area contributed by atoms with Crippen LogP contribution in [0.2, 0.25) is 5.02 Å². The fourth-order valence-corrected chi connectivity index (χ4v) is 3.30. The minimum absolute atomic E-state index is 0.105. The fraction of sp³-hybridized carbons (Fsp3) is 0.286. The smallest absolute Gasteiger partial charge is 0.251 e. The van der Waals surface area contributed by atoms with Crippen molar-refractivity contribution >= 4 is 46.4 Å². The van der Waals surface area contributed by atoms with E-state index in [-0.39, 0.29) is 29.5 Å². The Morgan fingerprint density at radius 2 is 1.83 bits per heavy atom.